The summed E-state index contributed by atoms with van der Waals surface area (Å²) in [4.78, 5) is 13.2. The molecule has 2 aliphatic carbocycles. The van der Waals surface area contributed by atoms with E-state index in [1.165, 1.54) is 36.8 Å². The van der Waals surface area contributed by atoms with Gasteiger partial charge in [-0.15, -0.1) is 0 Å². The summed E-state index contributed by atoms with van der Waals surface area (Å²) >= 11 is 0. The van der Waals surface area contributed by atoms with Gasteiger partial charge in [0, 0.05) is 24.2 Å². The molecule has 0 aliphatic heterocycles. The second-order valence-electron chi connectivity index (χ2n) is 8.13. The number of nitrogens with zero attached hydrogens (tertiary/aromatic N) is 2. The number of nitro benzene ring substituents is 1. The van der Waals surface area contributed by atoms with Gasteiger partial charge in [-0.25, -0.2) is 0 Å². The van der Waals surface area contributed by atoms with E-state index in [1.807, 2.05) is 13.0 Å². The molecule has 0 heterocycles. The molecule has 1 fully saturated rings. The van der Waals surface area contributed by atoms with Crippen molar-refractivity contribution >= 4 is 5.69 Å². The summed E-state index contributed by atoms with van der Waals surface area (Å²) < 4.78 is 0. The molecule has 1 saturated carbocycles. The average molecular weight is 381 g/mol. The SMILES string of the molecule is C1CCC1.CCC(c1cc([N+](=O)[O-])ccc1C)N(C)C1Cc2ccccc2C1. The Hall–Kier alpha value is -2.20. The van der Waals surface area contributed by atoms with Gasteiger partial charge in [-0.3, -0.25) is 15.0 Å². The molecule has 28 heavy (non-hydrogen) atoms. The third-order valence-corrected chi connectivity index (χ3v) is 6.32. The lowest BCUT2D eigenvalue weighted by Gasteiger charge is -2.33. The van der Waals surface area contributed by atoms with Crippen LogP contribution < -0.4 is 0 Å². The van der Waals surface area contributed by atoms with Gasteiger partial charge >= 0.3 is 0 Å². The van der Waals surface area contributed by atoms with Crippen LogP contribution in [0, 0.1) is 17.0 Å². The Balaban J connectivity index is 0.000000500. The molecule has 4 heteroatoms. The second-order valence-corrected chi connectivity index (χ2v) is 8.13. The van der Waals surface area contributed by atoms with Crippen molar-refractivity contribution in [2.45, 2.75) is 70.9 Å². The van der Waals surface area contributed by atoms with E-state index in [2.05, 4.69) is 43.1 Å². The number of hydrogen-bond acceptors (Lipinski definition) is 3. The van der Waals surface area contributed by atoms with Gasteiger partial charge in [-0.05, 0) is 55.5 Å². The van der Waals surface area contributed by atoms with Crippen LogP contribution in [-0.2, 0) is 12.8 Å². The van der Waals surface area contributed by atoms with Gasteiger partial charge in [0.1, 0.15) is 0 Å². The van der Waals surface area contributed by atoms with Crippen molar-refractivity contribution in [3.63, 3.8) is 0 Å². The fraction of sp³-hybridized carbons (Fsp3) is 0.500. The summed E-state index contributed by atoms with van der Waals surface area (Å²) in [6.45, 7) is 4.19. The Labute approximate surface area is 168 Å². The van der Waals surface area contributed by atoms with E-state index >= 15 is 0 Å². The molecule has 0 spiro atoms. The van der Waals surface area contributed by atoms with Crippen molar-refractivity contribution in [3.05, 3.63) is 74.8 Å². The van der Waals surface area contributed by atoms with Crippen LogP contribution in [-0.4, -0.2) is 22.9 Å². The molecular formula is C24H32N2O2. The maximum absolute atomic E-state index is 11.1. The first kappa shape index (κ1) is 20.5. The zero-order valence-corrected chi connectivity index (χ0v) is 17.4. The normalized spacial score (nSPS) is 16.7. The first-order valence-electron chi connectivity index (χ1n) is 10.5. The van der Waals surface area contributed by atoms with Crippen LogP contribution in [0.1, 0.15) is 67.3 Å². The summed E-state index contributed by atoms with van der Waals surface area (Å²) in [6, 6.07) is 14.5. The van der Waals surface area contributed by atoms with Crippen LogP contribution in [0.3, 0.4) is 0 Å². The number of hydrogen-bond donors (Lipinski definition) is 0. The van der Waals surface area contributed by atoms with Crippen LogP contribution in [0.2, 0.25) is 0 Å². The lowest BCUT2D eigenvalue weighted by Crippen LogP contribution is -2.35. The molecule has 0 radical (unpaired) electrons. The topological polar surface area (TPSA) is 46.4 Å². The summed E-state index contributed by atoms with van der Waals surface area (Å²) in [5.74, 6) is 0. The first-order valence-corrected chi connectivity index (χ1v) is 10.5. The first-order chi connectivity index (χ1) is 13.5. The molecule has 1 atom stereocenters. The lowest BCUT2D eigenvalue weighted by atomic mass is 9.96. The quantitative estimate of drug-likeness (QED) is 0.471. The van der Waals surface area contributed by atoms with Gasteiger partial charge in [0.15, 0.2) is 0 Å². The number of non-ortho nitro benzene ring substituents is 1. The van der Waals surface area contributed by atoms with Gasteiger partial charge < -0.3 is 0 Å². The zero-order valence-electron chi connectivity index (χ0n) is 17.4. The summed E-state index contributed by atoms with van der Waals surface area (Å²) in [5.41, 5.74) is 5.23. The zero-order chi connectivity index (χ0) is 20.1. The Morgan fingerprint density at radius 2 is 1.64 bits per heavy atom. The van der Waals surface area contributed by atoms with E-state index in [9.17, 15) is 10.1 Å². The van der Waals surface area contributed by atoms with Crippen molar-refractivity contribution in [1.82, 2.24) is 4.90 Å². The lowest BCUT2D eigenvalue weighted by molar-refractivity contribution is -0.385. The van der Waals surface area contributed by atoms with Crippen molar-refractivity contribution in [1.29, 1.82) is 0 Å². The minimum atomic E-state index is -0.304. The van der Waals surface area contributed by atoms with Crippen LogP contribution in [0.4, 0.5) is 5.69 Å². The molecule has 0 aromatic heterocycles. The van der Waals surface area contributed by atoms with Crippen LogP contribution >= 0.6 is 0 Å². The fourth-order valence-corrected chi connectivity index (χ4v) is 4.16. The highest BCUT2D eigenvalue weighted by Crippen LogP contribution is 2.34. The van der Waals surface area contributed by atoms with E-state index in [1.54, 1.807) is 12.1 Å². The van der Waals surface area contributed by atoms with Gasteiger partial charge in [0.2, 0.25) is 0 Å². The third-order valence-electron chi connectivity index (χ3n) is 6.32. The highest BCUT2D eigenvalue weighted by atomic mass is 16.6. The molecule has 2 aromatic rings. The number of rotatable bonds is 5. The molecular weight excluding hydrogens is 348 g/mol. The Morgan fingerprint density at radius 1 is 1.07 bits per heavy atom. The van der Waals surface area contributed by atoms with E-state index in [-0.39, 0.29) is 16.7 Å². The maximum atomic E-state index is 11.1. The Bertz CT molecular complexity index is 785. The standard InChI is InChI=1S/C20H24N2O2.C4H8/c1-4-20(19-13-17(22(23)24)10-9-14(19)2)21(3)18-11-15-7-5-6-8-16(15)12-18;1-2-4-3-1/h5-10,13,18,20H,4,11-12H2,1-3H3;1-4H2. The van der Waals surface area contributed by atoms with Crippen molar-refractivity contribution in [2.24, 2.45) is 0 Å². The maximum Gasteiger partial charge on any atom is 0.269 e. The summed E-state index contributed by atoms with van der Waals surface area (Å²) in [6.07, 6.45) is 9.04. The smallest absolute Gasteiger partial charge is 0.269 e. The van der Waals surface area contributed by atoms with Gasteiger partial charge in [-0.1, -0.05) is 62.9 Å². The van der Waals surface area contributed by atoms with E-state index in [4.69, 9.17) is 0 Å². The third kappa shape index (κ3) is 4.61. The highest BCUT2D eigenvalue weighted by Gasteiger charge is 2.30. The number of aryl methyl sites for hydroxylation is 1. The average Bonchev–Trinajstić information content (AvgIpc) is 3.06. The van der Waals surface area contributed by atoms with Crippen LogP contribution in [0.25, 0.3) is 0 Å². The molecule has 0 saturated heterocycles. The van der Waals surface area contributed by atoms with Crippen LogP contribution in [0.5, 0.6) is 0 Å². The van der Waals surface area contributed by atoms with Gasteiger partial charge in [0.05, 0.1) is 4.92 Å². The molecule has 0 N–H and O–H groups in total. The van der Waals surface area contributed by atoms with Crippen molar-refractivity contribution in [2.75, 3.05) is 7.05 Å². The Morgan fingerprint density at radius 3 is 2.11 bits per heavy atom. The summed E-state index contributed by atoms with van der Waals surface area (Å²) in [5, 5.41) is 11.1. The number of nitro groups is 1. The molecule has 0 amide bonds. The highest BCUT2D eigenvalue weighted by molar-refractivity contribution is 5.41. The largest absolute Gasteiger partial charge is 0.296 e. The Kier molecular flexibility index (Phi) is 6.84. The molecule has 150 valence electrons. The summed E-state index contributed by atoms with van der Waals surface area (Å²) in [7, 11) is 2.16. The van der Waals surface area contributed by atoms with E-state index in [0.29, 0.717) is 6.04 Å². The molecule has 2 aromatic carbocycles. The molecule has 0 bridgehead atoms. The van der Waals surface area contributed by atoms with Crippen molar-refractivity contribution < 1.29 is 4.92 Å². The molecule has 4 rings (SSSR count). The fourth-order valence-electron chi connectivity index (χ4n) is 4.16. The molecule has 4 nitrogen and oxygen atoms in total. The predicted molar refractivity (Wildman–Crippen MR) is 115 cm³/mol. The minimum absolute atomic E-state index is 0.178. The second kappa shape index (κ2) is 9.33. The number of likely N-dealkylation sites (N-methyl/N-ethyl adjacent to an activating group) is 1. The van der Waals surface area contributed by atoms with Crippen molar-refractivity contribution in [3.8, 4) is 0 Å². The van der Waals surface area contributed by atoms with E-state index in [0.717, 1.165) is 30.4 Å². The van der Waals surface area contributed by atoms with Crippen LogP contribution in [0.15, 0.2) is 42.5 Å². The minimum Gasteiger partial charge on any atom is -0.296 e. The number of benzene rings is 2. The molecule has 2 aliphatic rings. The van der Waals surface area contributed by atoms with Gasteiger partial charge in [0.25, 0.3) is 5.69 Å². The van der Waals surface area contributed by atoms with Gasteiger partial charge in [-0.2, -0.15) is 0 Å². The predicted octanol–water partition coefficient (Wildman–Crippen LogP) is 6.01. The monoisotopic (exact) mass is 380 g/mol. The molecule has 1 unspecified atom stereocenters. The number of fused-ring (bicyclic) bond motifs is 1. The van der Waals surface area contributed by atoms with E-state index < -0.39 is 0 Å².